The molecule has 0 amide bonds. The van der Waals surface area contributed by atoms with Gasteiger partial charge in [-0.25, -0.2) is 0 Å². The van der Waals surface area contributed by atoms with Crippen LogP contribution in [0.2, 0.25) is 0 Å². The Hall–Kier alpha value is -0.680. The smallest absolute Gasteiger partial charge is 0.0932 e. The quantitative estimate of drug-likeness (QED) is 0.694. The van der Waals surface area contributed by atoms with Gasteiger partial charge in [-0.3, -0.25) is 9.80 Å². The minimum Gasteiger partial charge on any atom is -0.394 e. The number of ether oxygens (including phenoxy) is 1. The van der Waals surface area contributed by atoms with Crippen molar-refractivity contribution in [3.05, 3.63) is 24.3 Å². The average Bonchev–Trinajstić information content (AvgIpc) is 2.48. The summed E-state index contributed by atoms with van der Waals surface area (Å²) >= 11 is 0. The molecule has 0 spiro atoms. The number of rotatable bonds is 7. The minimum absolute atomic E-state index is 0.0492. The van der Waals surface area contributed by atoms with Crippen LogP contribution in [0.1, 0.15) is 12.8 Å². The van der Waals surface area contributed by atoms with E-state index in [1.54, 1.807) is 0 Å². The van der Waals surface area contributed by atoms with Crippen LogP contribution in [0.3, 0.4) is 0 Å². The van der Waals surface area contributed by atoms with Crippen molar-refractivity contribution >= 4 is 0 Å². The zero-order valence-corrected chi connectivity index (χ0v) is 11.7. The molecule has 1 N–H and O–H groups in total. The molecule has 0 aromatic rings. The van der Waals surface area contributed by atoms with Crippen molar-refractivity contribution < 1.29 is 9.84 Å². The van der Waals surface area contributed by atoms with Crippen LogP contribution in [0.25, 0.3) is 0 Å². The first-order valence-corrected chi connectivity index (χ1v) is 7.35. The van der Waals surface area contributed by atoms with E-state index in [4.69, 9.17) is 4.74 Å². The molecule has 0 saturated carbocycles. The third-order valence-corrected chi connectivity index (χ3v) is 3.71. The third kappa shape index (κ3) is 5.45. The summed E-state index contributed by atoms with van der Waals surface area (Å²) in [5.41, 5.74) is 0. The molecular weight excluding hydrogens is 240 g/mol. The zero-order valence-electron chi connectivity index (χ0n) is 11.7. The van der Waals surface area contributed by atoms with Gasteiger partial charge in [-0.05, 0) is 12.8 Å². The van der Waals surface area contributed by atoms with Crippen molar-refractivity contribution in [3.8, 4) is 0 Å². The minimum atomic E-state index is -0.0492. The van der Waals surface area contributed by atoms with Gasteiger partial charge in [0.2, 0.25) is 0 Å². The fourth-order valence-electron chi connectivity index (χ4n) is 2.55. The van der Waals surface area contributed by atoms with Gasteiger partial charge in [-0.15, -0.1) is 0 Å². The molecule has 4 heteroatoms. The molecule has 2 heterocycles. The van der Waals surface area contributed by atoms with Crippen molar-refractivity contribution in [1.29, 1.82) is 0 Å². The molecule has 0 aromatic carbocycles. The molecule has 0 aromatic heterocycles. The van der Waals surface area contributed by atoms with E-state index in [9.17, 15) is 5.11 Å². The summed E-state index contributed by atoms with van der Waals surface area (Å²) in [6.45, 7) is 6.83. The molecule has 0 bridgehead atoms. The van der Waals surface area contributed by atoms with E-state index in [-0.39, 0.29) is 12.7 Å². The molecular formula is C15H26N2O2. The predicted molar refractivity (Wildman–Crippen MR) is 77.2 cm³/mol. The topological polar surface area (TPSA) is 35.9 Å². The van der Waals surface area contributed by atoms with E-state index in [0.29, 0.717) is 6.61 Å². The molecule has 2 rings (SSSR count). The van der Waals surface area contributed by atoms with Crippen LogP contribution < -0.4 is 0 Å². The van der Waals surface area contributed by atoms with E-state index in [1.807, 2.05) is 0 Å². The van der Waals surface area contributed by atoms with Crippen LogP contribution in [-0.4, -0.2) is 73.5 Å². The number of nitrogens with zero attached hydrogens (tertiary/aromatic N) is 2. The summed E-state index contributed by atoms with van der Waals surface area (Å²) in [5, 5.41) is 9.40. The second-order valence-electron chi connectivity index (χ2n) is 5.26. The van der Waals surface area contributed by atoms with Crippen LogP contribution in [0.15, 0.2) is 24.3 Å². The molecule has 0 fully saturated rings. The maximum atomic E-state index is 9.40. The van der Waals surface area contributed by atoms with Gasteiger partial charge >= 0.3 is 0 Å². The number of aliphatic hydroxyl groups is 1. The van der Waals surface area contributed by atoms with Crippen LogP contribution in [0.4, 0.5) is 0 Å². The Morgan fingerprint density at radius 2 is 1.68 bits per heavy atom. The largest absolute Gasteiger partial charge is 0.394 e. The standard InChI is InChI=1S/C15H26N2O2/c18-14-15(13-17-9-5-2-6-10-17)19-12-11-16-7-3-1-4-8-16/h1-3,5,15,18H,4,6-14H2. The second-order valence-corrected chi connectivity index (χ2v) is 5.26. The number of aliphatic hydroxyl groups excluding tert-OH is 1. The van der Waals surface area contributed by atoms with Crippen molar-refractivity contribution in [1.82, 2.24) is 9.80 Å². The van der Waals surface area contributed by atoms with Gasteiger partial charge in [-0.1, -0.05) is 24.3 Å². The summed E-state index contributed by atoms with van der Waals surface area (Å²) in [7, 11) is 0. The Kier molecular flexibility index (Phi) is 6.57. The molecule has 4 nitrogen and oxygen atoms in total. The molecule has 19 heavy (non-hydrogen) atoms. The summed E-state index contributed by atoms with van der Waals surface area (Å²) in [6, 6.07) is 0. The SMILES string of the molecule is OCC(CN1CC=CCC1)OCCN1CC=CCC1. The summed E-state index contributed by atoms with van der Waals surface area (Å²) in [6.07, 6.45) is 11.1. The highest BCUT2D eigenvalue weighted by Crippen LogP contribution is 2.05. The molecule has 0 radical (unpaired) electrons. The molecule has 1 atom stereocenters. The van der Waals surface area contributed by atoms with Gasteiger partial charge in [0.1, 0.15) is 0 Å². The van der Waals surface area contributed by atoms with E-state index in [1.165, 1.54) is 0 Å². The van der Waals surface area contributed by atoms with Gasteiger partial charge in [0.05, 0.1) is 19.3 Å². The molecule has 2 aliphatic rings. The Balaban J connectivity index is 1.61. The maximum Gasteiger partial charge on any atom is 0.0932 e. The fraction of sp³-hybridized carbons (Fsp3) is 0.733. The zero-order chi connectivity index (χ0) is 13.3. The van der Waals surface area contributed by atoms with Gasteiger partial charge in [0, 0.05) is 39.3 Å². The Morgan fingerprint density at radius 3 is 2.26 bits per heavy atom. The third-order valence-electron chi connectivity index (χ3n) is 3.71. The lowest BCUT2D eigenvalue weighted by molar-refractivity contribution is -0.0139. The van der Waals surface area contributed by atoms with Crippen molar-refractivity contribution in [2.24, 2.45) is 0 Å². The van der Waals surface area contributed by atoms with Gasteiger partial charge in [0.25, 0.3) is 0 Å². The highest BCUT2D eigenvalue weighted by molar-refractivity contribution is 4.92. The first kappa shape index (κ1) is 14.7. The van der Waals surface area contributed by atoms with Crippen LogP contribution >= 0.6 is 0 Å². The lowest BCUT2D eigenvalue weighted by Crippen LogP contribution is -2.39. The molecule has 1 unspecified atom stereocenters. The highest BCUT2D eigenvalue weighted by atomic mass is 16.5. The van der Waals surface area contributed by atoms with Gasteiger partial charge in [0.15, 0.2) is 0 Å². The summed E-state index contributed by atoms with van der Waals surface area (Å²) in [4.78, 5) is 4.72. The Labute approximate surface area is 116 Å². The highest BCUT2D eigenvalue weighted by Gasteiger charge is 2.15. The lowest BCUT2D eigenvalue weighted by atomic mass is 10.2. The first-order chi connectivity index (χ1) is 9.38. The van der Waals surface area contributed by atoms with E-state index in [2.05, 4.69) is 34.1 Å². The molecule has 2 aliphatic heterocycles. The fourth-order valence-corrected chi connectivity index (χ4v) is 2.55. The second kappa shape index (κ2) is 8.48. The van der Waals surface area contributed by atoms with E-state index in [0.717, 1.165) is 52.1 Å². The normalized spacial score (nSPS) is 22.8. The van der Waals surface area contributed by atoms with Crippen LogP contribution in [-0.2, 0) is 4.74 Å². The van der Waals surface area contributed by atoms with Gasteiger partial charge < -0.3 is 9.84 Å². The van der Waals surface area contributed by atoms with Gasteiger partial charge in [-0.2, -0.15) is 0 Å². The maximum absolute atomic E-state index is 9.40. The first-order valence-electron chi connectivity index (χ1n) is 7.35. The van der Waals surface area contributed by atoms with Crippen LogP contribution in [0.5, 0.6) is 0 Å². The van der Waals surface area contributed by atoms with Crippen LogP contribution in [0, 0.1) is 0 Å². The molecule has 108 valence electrons. The number of hydrogen-bond donors (Lipinski definition) is 1. The summed E-state index contributed by atoms with van der Waals surface area (Å²) in [5.74, 6) is 0. The monoisotopic (exact) mass is 266 g/mol. The average molecular weight is 266 g/mol. The van der Waals surface area contributed by atoms with Crippen molar-refractivity contribution in [2.45, 2.75) is 18.9 Å². The number of hydrogen-bond acceptors (Lipinski definition) is 4. The molecule has 0 aliphatic carbocycles. The van der Waals surface area contributed by atoms with Crippen molar-refractivity contribution in [3.63, 3.8) is 0 Å². The molecule has 0 saturated heterocycles. The Morgan fingerprint density at radius 1 is 1.00 bits per heavy atom. The summed E-state index contributed by atoms with van der Waals surface area (Å²) < 4.78 is 5.82. The van der Waals surface area contributed by atoms with E-state index < -0.39 is 0 Å². The van der Waals surface area contributed by atoms with E-state index >= 15 is 0 Å². The predicted octanol–water partition coefficient (Wildman–Crippen LogP) is 0.888. The Bertz CT molecular complexity index is 305. The van der Waals surface area contributed by atoms with Crippen molar-refractivity contribution in [2.75, 3.05) is 52.5 Å². The lowest BCUT2D eigenvalue weighted by Gasteiger charge is -2.28.